The third-order valence-corrected chi connectivity index (χ3v) is 4.43. The number of nitrogens with one attached hydrogen (secondary N) is 1. The number of carbonyl (C=O) groups excluding carboxylic acids is 1. The monoisotopic (exact) mass is 290 g/mol. The molecule has 1 rings (SSSR count). The van der Waals surface area contributed by atoms with Crippen molar-refractivity contribution in [1.82, 2.24) is 5.32 Å². The highest BCUT2D eigenvalue weighted by atomic mass is 35.5. The van der Waals surface area contributed by atoms with Crippen molar-refractivity contribution in [2.45, 2.75) is 71.1 Å². The molecule has 0 unspecified atom stereocenters. The second-order valence-electron chi connectivity index (χ2n) is 5.79. The van der Waals surface area contributed by atoms with Gasteiger partial charge in [-0.3, -0.25) is 4.79 Å². The summed E-state index contributed by atoms with van der Waals surface area (Å²) in [6, 6.07) is 0. The van der Waals surface area contributed by atoms with Crippen LogP contribution in [0.3, 0.4) is 0 Å². The van der Waals surface area contributed by atoms with E-state index in [1.165, 1.54) is 32.1 Å². The van der Waals surface area contributed by atoms with Gasteiger partial charge in [-0.05, 0) is 44.1 Å². The standard InChI is InChI=1S/C15H30N2O.ClH/c1-2-15(10-6-7-11-15)13-17-14(18)9-5-3-4-8-12-16;/h2-13,16H2,1H3,(H,17,18);1H. The molecule has 0 atom stereocenters. The summed E-state index contributed by atoms with van der Waals surface area (Å²) in [5.41, 5.74) is 5.85. The van der Waals surface area contributed by atoms with Gasteiger partial charge in [0, 0.05) is 13.0 Å². The number of halogens is 1. The van der Waals surface area contributed by atoms with E-state index >= 15 is 0 Å². The molecule has 0 radical (unpaired) electrons. The summed E-state index contributed by atoms with van der Waals surface area (Å²) in [6.45, 7) is 3.92. The van der Waals surface area contributed by atoms with Gasteiger partial charge < -0.3 is 11.1 Å². The molecule has 0 spiro atoms. The average Bonchev–Trinajstić information content (AvgIpc) is 2.86. The molecular weight excluding hydrogens is 260 g/mol. The van der Waals surface area contributed by atoms with Gasteiger partial charge in [0.05, 0.1) is 0 Å². The first-order chi connectivity index (χ1) is 8.72. The topological polar surface area (TPSA) is 55.1 Å². The van der Waals surface area contributed by atoms with E-state index in [4.69, 9.17) is 5.73 Å². The van der Waals surface area contributed by atoms with E-state index in [1.807, 2.05) is 0 Å². The molecule has 3 N–H and O–H groups in total. The molecule has 114 valence electrons. The summed E-state index contributed by atoms with van der Waals surface area (Å²) in [7, 11) is 0. The van der Waals surface area contributed by atoms with Crippen molar-refractivity contribution >= 4 is 18.3 Å². The fourth-order valence-corrected chi connectivity index (χ4v) is 2.94. The maximum Gasteiger partial charge on any atom is 0.220 e. The normalized spacial score (nSPS) is 16.9. The Labute approximate surface area is 124 Å². The second-order valence-corrected chi connectivity index (χ2v) is 5.79. The third-order valence-electron chi connectivity index (χ3n) is 4.43. The fourth-order valence-electron chi connectivity index (χ4n) is 2.94. The molecule has 0 aliphatic heterocycles. The lowest BCUT2D eigenvalue weighted by Crippen LogP contribution is -2.35. The van der Waals surface area contributed by atoms with Crippen molar-refractivity contribution in [2.24, 2.45) is 11.1 Å². The van der Waals surface area contributed by atoms with Crippen LogP contribution in [-0.2, 0) is 4.79 Å². The number of nitrogens with two attached hydrogens (primary N) is 1. The van der Waals surface area contributed by atoms with Crippen LogP contribution in [0.1, 0.15) is 71.1 Å². The van der Waals surface area contributed by atoms with Gasteiger partial charge in [-0.2, -0.15) is 0 Å². The summed E-state index contributed by atoms with van der Waals surface area (Å²) in [6.07, 6.45) is 11.5. The highest BCUT2D eigenvalue weighted by Crippen LogP contribution is 2.40. The van der Waals surface area contributed by atoms with Crippen LogP contribution in [0.15, 0.2) is 0 Å². The van der Waals surface area contributed by atoms with E-state index in [1.54, 1.807) is 0 Å². The van der Waals surface area contributed by atoms with Crippen molar-refractivity contribution in [3.8, 4) is 0 Å². The van der Waals surface area contributed by atoms with Gasteiger partial charge in [-0.1, -0.05) is 32.6 Å². The van der Waals surface area contributed by atoms with Crippen LogP contribution in [0.4, 0.5) is 0 Å². The lowest BCUT2D eigenvalue weighted by Gasteiger charge is -2.27. The smallest absolute Gasteiger partial charge is 0.220 e. The minimum atomic E-state index is 0. The summed E-state index contributed by atoms with van der Waals surface area (Å²) in [5.74, 6) is 0.238. The number of hydrogen-bond donors (Lipinski definition) is 2. The van der Waals surface area contributed by atoms with Gasteiger partial charge in [0.15, 0.2) is 0 Å². The first-order valence-electron chi connectivity index (χ1n) is 7.69. The summed E-state index contributed by atoms with van der Waals surface area (Å²) in [5, 5.41) is 3.14. The number of carbonyl (C=O) groups is 1. The Hall–Kier alpha value is -0.280. The van der Waals surface area contributed by atoms with Gasteiger partial charge in [0.1, 0.15) is 0 Å². The van der Waals surface area contributed by atoms with E-state index < -0.39 is 0 Å². The van der Waals surface area contributed by atoms with Crippen LogP contribution < -0.4 is 11.1 Å². The zero-order chi connectivity index (χ0) is 13.3. The Balaban J connectivity index is 0.00000324. The maximum absolute atomic E-state index is 11.8. The van der Waals surface area contributed by atoms with Crippen molar-refractivity contribution in [3.63, 3.8) is 0 Å². The molecular formula is C15H31ClN2O. The van der Waals surface area contributed by atoms with Crippen LogP contribution in [0.2, 0.25) is 0 Å². The van der Waals surface area contributed by atoms with Gasteiger partial charge in [0.2, 0.25) is 5.91 Å². The Kier molecular flexibility index (Phi) is 10.3. The van der Waals surface area contributed by atoms with E-state index in [0.717, 1.165) is 38.8 Å². The molecule has 1 aliphatic rings. The van der Waals surface area contributed by atoms with E-state index in [-0.39, 0.29) is 18.3 Å². The van der Waals surface area contributed by atoms with E-state index in [0.29, 0.717) is 11.8 Å². The third kappa shape index (κ3) is 7.17. The number of amides is 1. The van der Waals surface area contributed by atoms with Crippen LogP contribution in [0.5, 0.6) is 0 Å². The molecule has 1 aliphatic carbocycles. The molecule has 1 saturated carbocycles. The lowest BCUT2D eigenvalue weighted by atomic mass is 9.83. The molecule has 1 amide bonds. The van der Waals surface area contributed by atoms with Crippen molar-refractivity contribution < 1.29 is 4.79 Å². The SMILES string of the molecule is CCC1(CNC(=O)CCCCCCN)CCCC1.Cl. The second kappa shape index (κ2) is 10.5. The van der Waals surface area contributed by atoms with Crippen molar-refractivity contribution in [2.75, 3.05) is 13.1 Å². The molecule has 19 heavy (non-hydrogen) atoms. The van der Waals surface area contributed by atoms with Crippen LogP contribution >= 0.6 is 12.4 Å². The maximum atomic E-state index is 11.8. The molecule has 0 saturated heterocycles. The quantitative estimate of drug-likeness (QED) is 0.640. The predicted octanol–water partition coefficient (Wildman–Crippen LogP) is 3.40. The molecule has 0 aromatic carbocycles. The molecule has 0 aromatic rings. The minimum Gasteiger partial charge on any atom is -0.356 e. The van der Waals surface area contributed by atoms with E-state index in [2.05, 4.69) is 12.2 Å². The van der Waals surface area contributed by atoms with Gasteiger partial charge in [-0.15, -0.1) is 12.4 Å². The Bertz CT molecular complexity index is 240. The number of hydrogen-bond acceptors (Lipinski definition) is 2. The first-order valence-corrected chi connectivity index (χ1v) is 7.69. The average molecular weight is 291 g/mol. The van der Waals surface area contributed by atoms with Gasteiger partial charge in [-0.25, -0.2) is 0 Å². The highest BCUT2D eigenvalue weighted by molar-refractivity contribution is 5.85. The highest BCUT2D eigenvalue weighted by Gasteiger charge is 2.31. The first kappa shape index (κ1) is 18.7. The Morgan fingerprint density at radius 3 is 2.37 bits per heavy atom. The van der Waals surface area contributed by atoms with Crippen LogP contribution in [0, 0.1) is 5.41 Å². The largest absolute Gasteiger partial charge is 0.356 e. The fraction of sp³-hybridized carbons (Fsp3) is 0.933. The summed E-state index contributed by atoms with van der Waals surface area (Å²) < 4.78 is 0. The molecule has 3 nitrogen and oxygen atoms in total. The van der Waals surface area contributed by atoms with Crippen LogP contribution in [-0.4, -0.2) is 19.0 Å². The number of unbranched alkanes of at least 4 members (excludes halogenated alkanes) is 3. The van der Waals surface area contributed by atoms with Crippen LogP contribution in [0.25, 0.3) is 0 Å². The predicted molar refractivity (Wildman–Crippen MR) is 83.6 cm³/mol. The summed E-state index contributed by atoms with van der Waals surface area (Å²) >= 11 is 0. The summed E-state index contributed by atoms with van der Waals surface area (Å²) in [4.78, 5) is 11.8. The minimum absolute atomic E-state index is 0. The molecule has 1 fully saturated rings. The Morgan fingerprint density at radius 2 is 1.79 bits per heavy atom. The van der Waals surface area contributed by atoms with Gasteiger partial charge >= 0.3 is 0 Å². The van der Waals surface area contributed by atoms with E-state index in [9.17, 15) is 4.79 Å². The van der Waals surface area contributed by atoms with Crippen molar-refractivity contribution in [1.29, 1.82) is 0 Å². The van der Waals surface area contributed by atoms with Crippen molar-refractivity contribution in [3.05, 3.63) is 0 Å². The number of rotatable bonds is 9. The zero-order valence-corrected chi connectivity index (χ0v) is 13.2. The molecule has 0 bridgehead atoms. The zero-order valence-electron chi connectivity index (χ0n) is 12.4. The Morgan fingerprint density at radius 1 is 1.16 bits per heavy atom. The lowest BCUT2D eigenvalue weighted by molar-refractivity contribution is -0.121. The molecule has 0 heterocycles. The molecule has 4 heteroatoms. The molecule has 0 aromatic heterocycles. The van der Waals surface area contributed by atoms with Gasteiger partial charge in [0.25, 0.3) is 0 Å².